The van der Waals surface area contributed by atoms with E-state index in [0.29, 0.717) is 0 Å². The lowest BCUT2D eigenvalue weighted by atomic mass is 10.3. The van der Waals surface area contributed by atoms with E-state index in [1.54, 1.807) is 0 Å². The summed E-state index contributed by atoms with van der Waals surface area (Å²) in [7, 11) is 4.09. The maximum Gasteiger partial charge on any atom is 0.109 e. The second kappa shape index (κ2) is 4.99. The fraction of sp³-hybridized carbons (Fsp3) is 0.417. The lowest BCUT2D eigenvalue weighted by Gasteiger charge is -2.06. The predicted molar refractivity (Wildman–Crippen MR) is 64.0 cm³/mol. The van der Waals surface area contributed by atoms with Crippen LogP contribution >= 0.6 is 0 Å². The van der Waals surface area contributed by atoms with Crippen molar-refractivity contribution < 1.29 is 0 Å². The Labute approximate surface area is 95.9 Å². The molecule has 2 heterocycles. The van der Waals surface area contributed by atoms with Gasteiger partial charge in [-0.05, 0) is 12.1 Å². The summed E-state index contributed by atoms with van der Waals surface area (Å²) < 4.78 is 4.19. The number of nitrogens with one attached hydrogen (secondary N) is 1. The molecule has 16 heavy (non-hydrogen) atoms. The van der Waals surface area contributed by atoms with Crippen molar-refractivity contribution in [3.05, 3.63) is 42.2 Å². The molecule has 0 amide bonds. The van der Waals surface area contributed by atoms with E-state index in [-0.39, 0.29) is 0 Å². The molecule has 0 radical (unpaired) electrons. The molecule has 2 aromatic rings. The third kappa shape index (κ3) is 2.52. The molecule has 0 aromatic carbocycles. The lowest BCUT2D eigenvalue weighted by Crippen LogP contribution is -2.19. The smallest absolute Gasteiger partial charge is 0.109 e. The summed E-state index contributed by atoms with van der Waals surface area (Å²) in [6.07, 6.45) is 6.85. The SMILES string of the molecule is Cn1cccc1CNCCc1nccn1C. The zero-order valence-electron chi connectivity index (χ0n) is 9.85. The normalized spacial score (nSPS) is 10.9. The number of aryl methyl sites for hydroxylation is 2. The van der Waals surface area contributed by atoms with Gasteiger partial charge >= 0.3 is 0 Å². The van der Waals surface area contributed by atoms with Crippen LogP contribution in [0.25, 0.3) is 0 Å². The van der Waals surface area contributed by atoms with E-state index in [1.165, 1.54) is 5.69 Å². The first kappa shape index (κ1) is 11.0. The van der Waals surface area contributed by atoms with Gasteiger partial charge in [0.25, 0.3) is 0 Å². The maximum atomic E-state index is 4.29. The number of hydrogen-bond acceptors (Lipinski definition) is 2. The minimum Gasteiger partial charge on any atom is -0.353 e. The first-order chi connectivity index (χ1) is 7.77. The second-order valence-corrected chi connectivity index (χ2v) is 3.99. The van der Waals surface area contributed by atoms with Crippen LogP contribution in [0.5, 0.6) is 0 Å². The van der Waals surface area contributed by atoms with Crippen molar-refractivity contribution in [2.75, 3.05) is 6.54 Å². The van der Waals surface area contributed by atoms with Gasteiger partial charge in [0.1, 0.15) is 5.82 Å². The standard InChI is InChI=1S/C12H18N4/c1-15-8-3-4-11(15)10-13-6-5-12-14-7-9-16(12)2/h3-4,7-9,13H,5-6,10H2,1-2H3. The average Bonchev–Trinajstić information content (AvgIpc) is 2.84. The number of nitrogens with zero attached hydrogens (tertiary/aromatic N) is 3. The Hall–Kier alpha value is -1.55. The van der Waals surface area contributed by atoms with Gasteiger partial charge < -0.3 is 14.5 Å². The van der Waals surface area contributed by atoms with Crippen molar-refractivity contribution in [2.24, 2.45) is 14.1 Å². The van der Waals surface area contributed by atoms with Gasteiger partial charge in [-0.2, -0.15) is 0 Å². The fourth-order valence-electron chi connectivity index (χ4n) is 1.73. The van der Waals surface area contributed by atoms with Crippen LogP contribution in [0.4, 0.5) is 0 Å². The number of aromatic nitrogens is 3. The third-order valence-corrected chi connectivity index (χ3v) is 2.80. The molecule has 0 aliphatic rings. The molecule has 0 atom stereocenters. The average molecular weight is 218 g/mol. The molecule has 2 rings (SSSR count). The van der Waals surface area contributed by atoms with Crippen LogP contribution in [0, 0.1) is 0 Å². The van der Waals surface area contributed by atoms with Gasteiger partial charge in [-0.3, -0.25) is 0 Å². The summed E-state index contributed by atoms with van der Waals surface area (Å²) in [5, 5.41) is 3.42. The van der Waals surface area contributed by atoms with Crippen molar-refractivity contribution in [3.63, 3.8) is 0 Å². The van der Waals surface area contributed by atoms with Crippen molar-refractivity contribution >= 4 is 0 Å². The Balaban J connectivity index is 1.74. The molecule has 0 saturated carbocycles. The molecule has 4 nitrogen and oxygen atoms in total. The van der Waals surface area contributed by atoms with Crippen LogP contribution in [0.1, 0.15) is 11.5 Å². The van der Waals surface area contributed by atoms with Crippen molar-refractivity contribution in [1.29, 1.82) is 0 Å². The number of hydrogen-bond donors (Lipinski definition) is 1. The summed E-state index contributed by atoms with van der Waals surface area (Å²) in [6, 6.07) is 4.20. The van der Waals surface area contributed by atoms with E-state index >= 15 is 0 Å². The highest BCUT2D eigenvalue weighted by Gasteiger charge is 1.99. The third-order valence-electron chi connectivity index (χ3n) is 2.80. The molecular formula is C12H18N4. The summed E-state index contributed by atoms with van der Waals surface area (Å²) >= 11 is 0. The van der Waals surface area contributed by atoms with Gasteiger partial charge in [0.15, 0.2) is 0 Å². The Morgan fingerprint density at radius 3 is 2.75 bits per heavy atom. The predicted octanol–water partition coefficient (Wildman–Crippen LogP) is 1.09. The van der Waals surface area contributed by atoms with Crippen LogP contribution in [0.15, 0.2) is 30.7 Å². The molecule has 0 unspecified atom stereocenters. The molecule has 4 heteroatoms. The number of rotatable bonds is 5. The van der Waals surface area contributed by atoms with Gasteiger partial charge in [-0.1, -0.05) is 0 Å². The summed E-state index contributed by atoms with van der Waals surface area (Å²) in [5.74, 6) is 1.12. The minimum atomic E-state index is 0.911. The van der Waals surface area contributed by atoms with Gasteiger partial charge in [0.05, 0.1) is 0 Å². The molecule has 0 spiro atoms. The molecule has 0 aliphatic heterocycles. The highest BCUT2D eigenvalue weighted by molar-refractivity contribution is 5.06. The topological polar surface area (TPSA) is 34.8 Å². The fourth-order valence-corrected chi connectivity index (χ4v) is 1.73. The molecule has 0 saturated heterocycles. The van der Waals surface area contributed by atoms with Crippen LogP contribution in [0.3, 0.4) is 0 Å². The molecule has 0 bridgehead atoms. The lowest BCUT2D eigenvalue weighted by molar-refractivity contribution is 0.631. The van der Waals surface area contributed by atoms with E-state index in [2.05, 4.69) is 44.8 Å². The minimum absolute atomic E-state index is 0.911. The van der Waals surface area contributed by atoms with E-state index in [4.69, 9.17) is 0 Å². The molecule has 0 fully saturated rings. The van der Waals surface area contributed by atoms with E-state index in [9.17, 15) is 0 Å². The highest BCUT2D eigenvalue weighted by Crippen LogP contribution is 1.99. The summed E-state index contributed by atoms with van der Waals surface area (Å²) in [5.41, 5.74) is 1.31. The maximum absolute atomic E-state index is 4.29. The Bertz CT molecular complexity index is 399. The largest absolute Gasteiger partial charge is 0.353 e. The quantitative estimate of drug-likeness (QED) is 0.762. The van der Waals surface area contributed by atoms with Gasteiger partial charge in [-0.25, -0.2) is 4.98 Å². The van der Waals surface area contributed by atoms with Gasteiger partial charge in [-0.15, -0.1) is 0 Å². The van der Waals surface area contributed by atoms with E-state index in [1.807, 2.05) is 19.4 Å². The Morgan fingerprint density at radius 1 is 1.25 bits per heavy atom. The molecule has 0 aliphatic carbocycles. The highest BCUT2D eigenvalue weighted by atomic mass is 15.0. The Kier molecular flexibility index (Phi) is 3.41. The zero-order chi connectivity index (χ0) is 11.4. The van der Waals surface area contributed by atoms with Crippen LogP contribution in [0.2, 0.25) is 0 Å². The summed E-state index contributed by atoms with van der Waals surface area (Å²) in [4.78, 5) is 4.29. The first-order valence-corrected chi connectivity index (χ1v) is 5.54. The summed E-state index contributed by atoms with van der Waals surface area (Å²) in [6.45, 7) is 1.87. The zero-order valence-corrected chi connectivity index (χ0v) is 9.85. The van der Waals surface area contributed by atoms with E-state index in [0.717, 1.165) is 25.3 Å². The first-order valence-electron chi connectivity index (χ1n) is 5.54. The second-order valence-electron chi connectivity index (χ2n) is 3.99. The molecular weight excluding hydrogens is 200 g/mol. The van der Waals surface area contributed by atoms with Crippen molar-refractivity contribution in [3.8, 4) is 0 Å². The molecule has 86 valence electrons. The van der Waals surface area contributed by atoms with Gasteiger partial charge in [0.2, 0.25) is 0 Å². The van der Waals surface area contributed by atoms with E-state index < -0.39 is 0 Å². The van der Waals surface area contributed by atoms with Crippen LogP contribution in [-0.4, -0.2) is 20.7 Å². The number of imidazole rings is 1. The van der Waals surface area contributed by atoms with Crippen LogP contribution in [-0.2, 0) is 27.1 Å². The van der Waals surface area contributed by atoms with Crippen molar-refractivity contribution in [2.45, 2.75) is 13.0 Å². The Morgan fingerprint density at radius 2 is 2.12 bits per heavy atom. The van der Waals surface area contributed by atoms with Crippen molar-refractivity contribution in [1.82, 2.24) is 19.4 Å². The van der Waals surface area contributed by atoms with Gasteiger partial charge in [0, 0.05) is 57.9 Å². The van der Waals surface area contributed by atoms with Crippen LogP contribution < -0.4 is 5.32 Å². The molecule has 2 aromatic heterocycles. The monoisotopic (exact) mass is 218 g/mol. The molecule has 1 N–H and O–H groups in total.